The monoisotopic (exact) mass is 386 g/mol. The predicted molar refractivity (Wildman–Crippen MR) is 103 cm³/mol. The van der Waals surface area contributed by atoms with Crippen LogP contribution in [0.15, 0.2) is 48.7 Å². The van der Waals surface area contributed by atoms with Crippen LogP contribution in [0.5, 0.6) is 11.5 Å². The summed E-state index contributed by atoms with van der Waals surface area (Å²) in [6.45, 7) is 0.426. The van der Waals surface area contributed by atoms with E-state index in [0.29, 0.717) is 28.4 Å². The second-order valence-electron chi connectivity index (χ2n) is 5.69. The SMILES string of the molecule is COc1ccc(OC)c(CCNC(=O)c2cnc(-c3ccccc3F)s2)c1. The molecule has 3 rings (SSSR count). The summed E-state index contributed by atoms with van der Waals surface area (Å²) in [4.78, 5) is 17.0. The lowest BCUT2D eigenvalue weighted by atomic mass is 10.1. The Balaban J connectivity index is 1.63. The van der Waals surface area contributed by atoms with Crippen molar-refractivity contribution >= 4 is 17.2 Å². The Kier molecular flexibility index (Phi) is 6.03. The number of aromatic nitrogens is 1. The Labute approximate surface area is 160 Å². The zero-order chi connectivity index (χ0) is 19.2. The van der Waals surface area contributed by atoms with Gasteiger partial charge in [-0.25, -0.2) is 9.37 Å². The standard InChI is InChI=1S/C20H19FN2O3S/c1-25-14-7-8-17(26-2)13(11-14)9-10-22-19(24)18-12-23-20(27-18)15-5-3-4-6-16(15)21/h3-8,11-12H,9-10H2,1-2H3,(H,22,24). The van der Waals surface area contributed by atoms with E-state index in [1.807, 2.05) is 18.2 Å². The number of thiazole rings is 1. The van der Waals surface area contributed by atoms with Crippen molar-refractivity contribution in [3.63, 3.8) is 0 Å². The predicted octanol–water partition coefficient (Wildman–Crippen LogP) is 3.94. The third-order valence-corrected chi connectivity index (χ3v) is 5.03. The maximum atomic E-state index is 13.9. The fourth-order valence-corrected chi connectivity index (χ4v) is 3.47. The van der Waals surface area contributed by atoms with Gasteiger partial charge in [0.25, 0.3) is 5.91 Å². The number of hydrogen-bond donors (Lipinski definition) is 1. The Morgan fingerprint density at radius 3 is 2.74 bits per heavy atom. The largest absolute Gasteiger partial charge is 0.497 e. The van der Waals surface area contributed by atoms with Crippen molar-refractivity contribution in [1.82, 2.24) is 10.3 Å². The average Bonchev–Trinajstić information content (AvgIpc) is 3.18. The summed E-state index contributed by atoms with van der Waals surface area (Å²) in [5.74, 6) is 0.875. The van der Waals surface area contributed by atoms with Gasteiger partial charge in [0, 0.05) is 12.1 Å². The van der Waals surface area contributed by atoms with Crippen LogP contribution in [-0.4, -0.2) is 31.7 Å². The van der Waals surface area contributed by atoms with Crippen molar-refractivity contribution in [1.29, 1.82) is 0 Å². The number of halogens is 1. The molecular formula is C20H19FN2O3S. The highest BCUT2D eigenvalue weighted by Gasteiger charge is 2.14. The maximum absolute atomic E-state index is 13.9. The van der Waals surface area contributed by atoms with Gasteiger partial charge in [-0.3, -0.25) is 4.79 Å². The molecule has 140 valence electrons. The van der Waals surface area contributed by atoms with Crippen LogP contribution >= 0.6 is 11.3 Å². The van der Waals surface area contributed by atoms with Crippen LogP contribution in [0.1, 0.15) is 15.2 Å². The van der Waals surface area contributed by atoms with Gasteiger partial charge in [-0.05, 0) is 42.3 Å². The smallest absolute Gasteiger partial charge is 0.263 e. The summed E-state index contributed by atoms with van der Waals surface area (Å²) in [7, 11) is 3.20. The van der Waals surface area contributed by atoms with E-state index in [1.165, 1.54) is 12.3 Å². The number of benzene rings is 2. The van der Waals surface area contributed by atoms with E-state index >= 15 is 0 Å². The second-order valence-corrected chi connectivity index (χ2v) is 6.72. The normalized spacial score (nSPS) is 10.5. The molecule has 1 heterocycles. The molecule has 0 aliphatic heterocycles. The molecule has 1 amide bonds. The summed E-state index contributed by atoms with van der Waals surface area (Å²) >= 11 is 1.16. The molecule has 27 heavy (non-hydrogen) atoms. The molecule has 0 atom stereocenters. The van der Waals surface area contributed by atoms with Gasteiger partial charge in [0.2, 0.25) is 0 Å². The van der Waals surface area contributed by atoms with Crippen LogP contribution in [0.3, 0.4) is 0 Å². The first-order chi connectivity index (χ1) is 13.1. The van der Waals surface area contributed by atoms with Crippen molar-refractivity contribution in [2.45, 2.75) is 6.42 Å². The Bertz CT molecular complexity index is 942. The lowest BCUT2D eigenvalue weighted by Crippen LogP contribution is -2.25. The van der Waals surface area contributed by atoms with Crippen molar-refractivity contribution in [2.75, 3.05) is 20.8 Å². The first-order valence-corrected chi connectivity index (χ1v) is 9.14. The van der Waals surface area contributed by atoms with Gasteiger partial charge in [-0.2, -0.15) is 0 Å². The fraction of sp³-hybridized carbons (Fsp3) is 0.200. The maximum Gasteiger partial charge on any atom is 0.263 e. The first-order valence-electron chi connectivity index (χ1n) is 8.32. The number of methoxy groups -OCH3 is 2. The Morgan fingerprint density at radius 2 is 2.00 bits per heavy atom. The molecule has 0 radical (unpaired) electrons. The highest BCUT2D eigenvalue weighted by atomic mass is 32.1. The third-order valence-electron chi connectivity index (χ3n) is 4.00. The molecule has 0 aliphatic rings. The molecule has 0 aliphatic carbocycles. The van der Waals surface area contributed by atoms with Gasteiger partial charge in [0.15, 0.2) is 0 Å². The lowest BCUT2D eigenvalue weighted by Gasteiger charge is -2.10. The van der Waals surface area contributed by atoms with Crippen LogP contribution in [0.2, 0.25) is 0 Å². The van der Waals surface area contributed by atoms with Crippen LogP contribution in [-0.2, 0) is 6.42 Å². The highest BCUT2D eigenvalue weighted by Crippen LogP contribution is 2.27. The molecule has 1 N–H and O–H groups in total. The zero-order valence-corrected chi connectivity index (χ0v) is 15.8. The molecule has 0 saturated heterocycles. The van der Waals surface area contributed by atoms with Gasteiger partial charge < -0.3 is 14.8 Å². The third kappa shape index (κ3) is 4.43. The zero-order valence-electron chi connectivity index (χ0n) is 15.0. The van der Waals surface area contributed by atoms with Gasteiger partial charge in [0.05, 0.1) is 20.4 Å². The van der Waals surface area contributed by atoms with Crippen molar-refractivity contribution in [3.05, 3.63) is 64.9 Å². The molecule has 0 fully saturated rings. The minimum atomic E-state index is -0.357. The number of amides is 1. The molecule has 0 unspecified atom stereocenters. The topological polar surface area (TPSA) is 60.5 Å². The molecule has 2 aromatic carbocycles. The number of nitrogens with zero attached hydrogens (tertiary/aromatic N) is 1. The Morgan fingerprint density at radius 1 is 1.19 bits per heavy atom. The number of carbonyl (C=O) groups excluding carboxylic acids is 1. The summed E-state index contributed by atoms with van der Waals surface area (Å²) in [5.41, 5.74) is 1.33. The van der Waals surface area contributed by atoms with Gasteiger partial charge >= 0.3 is 0 Å². The number of rotatable bonds is 7. The molecule has 7 heteroatoms. The van der Waals surface area contributed by atoms with E-state index in [-0.39, 0.29) is 11.7 Å². The molecule has 3 aromatic rings. The van der Waals surface area contributed by atoms with Crippen LogP contribution in [0.4, 0.5) is 4.39 Å². The number of carbonyl (C=O) groups is 1. The van der Waals surface area contributed by atoms with E-state index in [9.17, 15) is 9.18 Å². The summed E-state index contributed by atoms with van der Waals surface area (Å²) < 4.78 is 24.4. The quantitative estimate of drug-likeness (QED) is 0.668. The molecule has 1 aromatic heterocycles. The summed E-state index contributed by atoms with van der Waals surface area (Å²) in [6, 6.07) is 11.9. The minimum absolute atomic E-state index is 0.239. The van der Waals surface area contributed by atoms with Crippen molar-refractivity contribution < 1.29 is 18.7 Å². The van der Waals surface area contributed by atoms with E-state index in [1.54, 1.807) is 32.4 Å². The molecule has 5 nitrogen and oxygen atoms in total. The first kappa shape index (κ1) is 18.8. The van der Waals surface area contributed by atoms with Crippen LogP contribution < -0.4 is 14.8 Å². The molecule has 0 bridgehead atoms. The summed E-state index contributed by atoms with van der Waals surface area (Å²) in [6.07, 6.45) is 2.05. The lowest BCUT2D eigenvalue weighted by molar-refractivity contribution is 0.0958. The van der Waals surface area contributed by atoms with Gasteiger partial charge in [0.1, 0.15) is 27.2 Å². The van der Waals surface area contributed by atoms with Crippen molar-refractivity contribution in [2.24, 2.45) is 0 Å². The highest BCUT2D eigenvalue weighted by molar-refractivity contribution is 7.16. The number of hydrogen-bond acceptors (Lipinski definition) is 5. The minimum Gasteiger partial charge on any atom is -0.497 e. The van der Waals surface area contributed by atoms with E-state index in [0.717, 1.165) is 28.4 Å². The fourth-order valence-electron chi connectivity index (χ4n) is 2.61. The van der Waals surface area contributed by atoms with E-state index in [4.69, 9.17) is 9.47 Å². The Hall–Kier alpha value is -2.93. The summed E-state index contributed by atoms with van der Waals surface area (Å²) in [5, 5.41) is 3.34. The molecular weight excluding hydrogens is 367 g/mol. The van der Waals surface area contributed by atoms with E-state index in [2.05, 4.69) is 10.3 Å². The van der Waals surface area contributed by atoms with Gasteiger partial charge in [-0.1, -0.05) is 12.1 Å². The number of nitrogens with one attached hydrogen (secondary N) is 1. The molecule has 0 saturated carbocycles. The second kappa shape index (κ2) is 8.64. The average molecular weight is 386 g/mol. The van der Waals surface area contributed by atoms with Gasteiger partial charge in [-0.15, -0.1) is 11.3 Å². The van der Waals surface area contributed by atoms with Crippen molar-refractivity contribution in [3.8, 4) is 22.1 Å². The van der Waals surface area contributed by atoms with Crippen LogP contribution in [0.25, 0.3) is 10.6 Å². The molecule has 0 spiro atoms. The number of ether oxygens (including phenoxy) is 2. The van der Waals surface area contributed by atoms with E-state index < -0.39 is 0 Å². The van der Waals surface area contributed by atoms with Crippen LogP contribution in [0, 0.1) is 5.82 Å².